The van der Waals surface area contributed by atoms with Crippen LogP contribution in [0.2, 0.25) is 0 Å². The first-order valence-electron chi connectivity index (χ1n) is 7.47. The molecule has 4 rings (SSSR count). The molecule has 2 fully saturated rings. The maximum absolute atomic E-state index is 12.7. The molecule has 118 valence electrons. The maximum atomic E-state index is 12.7. The number of hydrogen-bond acceptors (Lipinski definition) is 4. The molecule has 2 aliphatic rings. The number of nitrogens with one attached hydrogen (secondary N) is 1. The Morgan fingerprint density at radius 2 is 2.09 bits per heavy atom. The maximum Gasteiger partial charge on any atom is 0.254 e. The van der Waals surface area contributed by atoms with Crippen LogP contribution in [0.25, 0.3) is 11.0 Å². The second kappa shape index (κ2) is 5.12. The SMILES string of the molecule is O=C1NCC(=O)N2CCN(C(=O)c3ccc4occc4c3)C[C@H]12. The van der Waals surface area contributed by atoms with E-state index in [1.807, 2.05) is 0 Å². The summed E-state index contributed by atoms with van der Waals surface area (Å²) < 4.78 is 5.27. The highest BCUT2D eigenvalue weighted by atomic mass is 16.3. The Morgan fingerprint density at radius 3 is 2.96 bits per heavy atom. The number of rotatable bonds is 1. The minimum atomic E-state index is -0.591. The number of amides is 3. The first kappa shape index (κ1) is 13.8. The molecule has 0 unspecified atom stereocenters. The molecule has 1 aromatic heterocycles. The predicted molar refractivity (Wildman–Crippen MR) is 80.6 cm³/mol. The van der Waals surface area contributed by atoms with Crippen molar-refractivity contribution in [3.63, 3.8) is 0 Å². The van der Waals surface area contributed by atoms with Crippen molar-refractivity contribution in [3.05, 3.63) is 36.1 Å². The van der Waals surface area contributed by atoms with Crippen molar-refractivity contribution in [2.45, 2.75) is 6.04 Å². The van der Waals surface area contributed by atoms with Gasteiger partial charge in [-0.3, -0.25) is 14.4 Å². The smallest absolute Gasteiger partial charge is 0.254 e. The van der Waals surface area contributed by atoms with Crippen LogP contribution in [-0.2, 0) is 9.59 Å². The van der Waals surface area contributed by atoms with E-state index >= 15 is 0 Å². The summed E-state index contributed by atoms with van der Waals surface area (Å²) >= 11 is 0. The average molecular weight is 313 g/mol. The van der Waals surface area contributed by atoms with Crippen molar-refractivity contribution in [3.8, 4) is 0 Å². The molecule has 23 heavy (non-hydrogen) atoms. The lowest BCUT2D eigenvalue weighted by molar-refractivity contribution is -0.148. The van der Waals surface area contributed by atoms with Crippen LogP contribution in [-0.4, -0.2) is 59.7 Å². The van der Waals surface area contributed by atoms with Crippen LogP contribution in [0.5, 0.6) is 0 Å². The fraction of sp³-hybridized carbons (Fsp3) is 0.312. The molecule has 7 heteroatoms. The molecule has 2 aromatic rings. The van der Waals surface area contributed by atoms with Gasteiger partial charge in [0.25, 0.3) is 5.91 Å². The van der Waals surface area contributed by atoms with E-state index in [9.17, 15) is 14.4 Å². The fourth-order valence-corrected chi connectivity index (χ4v) is 3.15. The molecule has 1 N–H and O–H groups in total. The fourth-order valence-electron chi connectivity index (χ4n) is 3.15. The Labute approximate surface area is 131 Å². The number of hydrogen-bond donors (Lipinski definition) is 1. The summed E-state index contributed by atoms with van der Waals surface area (Å²) in [7, 11) is 0. The molecule has 1 aromatic carbocycles. The van der Waals surface area contributed by atoms with Crippen molar-refractivity contribution in [1.29, 1.82) is 0 Å². The monoisotopic (exact) mass is 313 g/mol. The van der Waals surface area contributed by atoms with Crippen LogP contribution in [0.15, 0.2) is 34.9 Å². The zero-order valence-corrected chi connectivity index (χ0v) is 12.3. The van der Waals surface area contributed by atoms with Crippen molar-refractivity contribution in [1.82, 2.24) is 15.1 Å². The van der Waals surface area contributed by atoms with Crippen molar-refractivity contribution in [2.75, 3.05) is 26.2 Å². The van der Waals surface area contributed by atoms with Gasteiger partial charge in [0, 0.05) is 24.0 Å². The van der Waals surface area contributed by atoms with Gasteiger partial charge in [0.1, 0.15) is 11.6 Å². The normalized spacial score (nSPS) is 21.3. The largest absolute Gasteiger partial charge is 0.464 e. The molecule has 3 heterocycles. The third-order valence-corrected chi connectivity index (χ3v) is 4.40. The number of carbonyl (C=O) groups is 3. The predicted octanol–water partition coefficient (Wildman–Crippen LogP) is 0.216. The lowest BCUT2D eigenvalue weighted by Gasteiger charge is -2.42. The molecule has 3 amide bonds. The summed E-state index contributed by atoms with van der Waals surface area (Å²) in [6, 6.07) is 6.46. The molecular formula is C16H15N3O4. The lowest BCUT2D eigenvalue weighted by Crippen LogP contribution is -2.66. The van der Waals surface area contributed by atoms with E-state index in [0.29, 0.717) is 18.7 Å². The molecule has 0 aliphatic carbocycles. The topological polar surface area (TPSA) is 82.9 Å². The molecule has 2 aliphatic heterocycles. The summed E-state index contributed by atoms with van der Waals surface area (Å²) in [6.07, 6.45) is 1.58. The molecule has 0 spiro atoms. The molecule has 0 bridgehead atoms. The number of furan rings is 1. The van der Waals surface area contributed by atoms with E-state index in [0.717, 1.165) is 11.0 Å². The zero-order valence-electron chi connectivity index (χ0n) is 12.3. The lowest BCUT2D eigenvalue weighted by atomic mass is 10.1. The van der Waals surface area contributed by atoms with Crippen molar-refractivity contribution in [2.24, 2.45) is 0 Å². The quantitative estimate of drug-likeness (QED) is 0.816. The highest BCUT2D eigenvalue weighted by Gasteiger charge is 2.39. The highest BCUT2D eigenvalue weighted by Crippen LogP contribution is 2.20. The van der Waals surface area contributed by atoms with Crippen LogP contribution in [0.1, 0.15) is 10.4 Å². The molecule has 0 radical (unpaired) electrons. The van der Waals surface area contributed by atoms with Gasteiger partial charge in [-0.25, -0.2) is 0 Å². The molecule has 2 saturated heterocycles. The second-order valence-corrected chi connectivity index (χ2v) is 5.75. The van der Waals surface area contributed by atoms with Crippen molar-refractivity contribution < 1.29 is 18.8 Å². The van der Waals surface area contributed by atoms with Crippen LogP contribution in [0.4, 0.5) is 0 Å². The Hall–Kier alpha value is -2.83. The van der Waals surface area contributed by atoms with Gasteiger partial charge in [0.05, 0.1) is 19.4 Å². The standard InChI is InChI=1S/C16H15N3O4/c20-14-8-17-15(21)12-9-18(4-5-19(12)14)16(22)11-1-2-13-10(7-11)3-6-23-13/h1-3,6-7,12H,4-5,8-9H2,(H,17,21)/t12-/m1/s1. The Bertz CT molecular complexity index is 813. The number of carbonyl (C=O) groups excluding carboxylic acids is 3. The van der Waals surface area contributed by atoms with E-state index in [1.54, 1.807) is 40.3 Å². The van der Waals surface area contributed by atoms with Gasteiger partial charge < -0.3 is 19.5 Å². The third kappa shape index (κ3) is 2.25. The van der Waals surface area contributed by atoms with E-state index in [2.05, 4.69) is 5.32 Å². The molecule has 0 saturated carbocycles. The highest BCUT2D eigenvalue weighted by molar-refractivity contribution is 5.99. The Morgan fingerprint density at radius 1 is 1.22 bits per heavy atom. The number of benzene rings is 1. The summed E-state index contributed by atoms with van der Waals surface area (Å²) in [5.74, 6) is -0.438. The van der Waals surface area contributed by atoms with Crippen LogP contribution < -0.4 is 5.32 Å². The van der Waals surface area contributed by atoms with E-state index in [4.69, 9.17) is 4.42 Å². The van der Waals surface area contributed by atoms with Crippen LogP contribution >= 0.6 is 0 Å². The Kier molecular flexibility index (Phi) is 3.07. The van der Waals surface area contributed by atoms with E-state index in [-0.39, 0.29) is 30.8 Å². The summed E-state index contributed by atoms with van der Waals surface area (Å²) in [5, 5.41) is 3.43. The third-order valence-electron chi connectivity index (χ3n) is 4.40. The summed E-state index contributed by atoms with van der Waals surface area (Å²) in [4.78, 5) is 39.7. The molecule has 7 nitrogen and oxygen atoms in total. The zero-order chi connectivity index (χ0) is 16.0. The number of fused-ring (bicyclic) bond motifs is 2. The van der Waals surface area contributed by atoms with E-state index in [1.165, 1.54) is 0 Å². The first-order chi connectivity index (χ1) is 11.1. The number of piperazine rings is 2. The van der Waals surface area contributed by atoms with Gasteiger partial charge in [-0.15, -0.1) is 0 Å². The molecular weight excluding hydrogens is 298 g/mol. The van der Waals surface area contributed by atoms with Gasteiger partial charge >= 0.3 is 0 Å². The summed E-state index contributed by atoms with van der Waals surface area (Å²) in [5.41, 5.74) is 1.28. The first-order valence-corrected chi connectivity index (χ1v) is 7.47. The minimum Gasteiger partial charge on any atom is -0.464 e. The number of nitrogens with zero attached hydrogens (tertiary/aromatic N) is 2. The summed E-state index contributed by atoms with van der Waals surface area (Å²) in [6.45, 7) is 1.08. The van der Waals surface area contributed by atoms with E-state index < -0.39 is 6.04 Å². The van der Waals surface area contributed by atoms with Gasteiger partial charge in [-0.1, -0.05) is 0 Å². The Balaban J connectivity index is 1.57. The van der Waals surface area contributed by atoms with Gasteiger partial charge in [0.2, 0.25) is 11.8 Å². The van der Waals surface area contributed by atoms with Gasteiger partial charge in [-0.2, -0.15) is 0 Å². The van der Waals surface area contributed by atoms with Crippen LogP contribution in [0, 0.1) is 0 Å². The molecule has 1 atom stereocenters. The minimum absolute atomic E-state index is 0.0421. The van der Waals surface area contributed by atoms with Crippen molar-refractivity contribution >= 4 is 28.7 Å². The second-order valence-electron chi connectivity index (χ2n) is 5.75. The average Bonchev–Trinajstić information content (AvgIpc) is 3.05. The van der Waals surface area contributed by atoms with Crippen LogP contribution in [0.3, 0.4) is 0 Å². The van der Waals surface area contributed by atoms with Gasteiger partial charge in [-0.05, 0) is 24.3 Å². The van der Waals surface area contributed by atoms with Gasteiger partial charge in [0.15, 0.2) is 0 Å².